The van der Waals surface area contributed by atoms with E-state index >= 15 is 0 Å². The SMILES string of the molecule is CC(C)CCOC(=O)C1CCCn2c(C(=O)c3cccs3)ccc21. The number of thiophene rings is 1. The molecule has 1 unspecified atom stereocenters. The summed E-state index contributed by atoms with van der Waals surface area (Å²) in [5.74, 6) is 0.133. The van der Waals surface area contributed by atoms with Crippen molar-refractivity contribution in [2.45, 2.75) is 45.6 Å². The Balaban J connectivity index is 1.77. The van der Waals surface area contributed by atoms with Crippen LogP contribution in [-0.4, -0.2) is 22.9 Å². The van der Waals surface area contributed by atoms with Gasteiger partial charge in [0.1, 0.15) is 0 Å². The summed E-state index contributed by atoms with van der Waals surface area (Å²) in [4.78, 5) is 25.8. The molecular formula is C19H23NO3S. The van der Waals surface area contributed by atoms with Gasteiger partial charge in [0, 0.05) is 12.2 Å². The Morgan fingerprint density at radius 1 is 1.33 bits per heavy atom. The molecule has 0 N–H and O–H groups in total. The van der Waals surface area contributed by atoms with Gasteiger partial charge in [-0.2, -0.15) is 0 Å². The highest BCUT2D eigenvalue weighted by Crippen LogP contribution is 2.31. The van der Waals surface area contributed by atoms with Crippen molar-refractivity contribution in [3.8, 4) is 0 Å². The maximum atomic E-state index is 12.6. The molecule has 3 heterocycles. The van der Waals surface area contributed by atoms with Crippen molar-refractivity contribution < 1.29 is 14.3 Å². The molecule has 5 heteroatoms. The third kappa shape index (κ3) is 3.46. The molecule has 0 aliphatic carbocycles. The third-order valence-electron chi connectivity index (χ3n) is 4.45. The number of hydrogen-bond acceptors (Lipinski definition) is 4. The number of nitrogens with zero attached hydrogens (tertiary/aromatic N) is 1. The van der Waals surface area contributed by atoms with Crippen molar-refractivity contribution in [3.63, 3.8) is 0 Å². The zero-order valence-electron chi connectivity index (χ0n) is 14.2. The number of rotatable bonds is 6. The van der Waals surface area contributed by atoms with Crippen LogP contribution in [0.15, 0.2) is 29.6 Å². The molecule has 1 aliphatic heterocycles. The molecule has 2 aromatic rings. The summed E-state index contributed by atoms with van der Waals surface area (Å²) in [5.41, 5.74) is 1.59. The number of aromatic nitrogens is 1. The van der Waals surface area contributed by atoms with Crippen LogP contribution in [0, 0.1) is 5.92 Å². The number of ether oxygens (including phenoxy) is 1. The highest BCUT2D eigenvalue weighted by atomic mass is 32.1. The molecule has 2 aromatic heterocycles. The standard InChI is InChI=1S/C19H23NO3S/c1-13(2)9-11-23-19(22)14-5-3-10-20-15(14)7-8-16(20)18(21)17-6-4-12-24-17/h4,6-8,12-14H,3,5,9-11H2,1-2H3. The molecule has 0 spiro atoms. The van der Waals surface area contributed by atoms with Crippen molar-refractivity contribution in [3.05, 3.63) is 45.9 Å². The van der Waals surface area contributed by atoms with Crippen LogP contribution in [0.25, 0.3) is 0 Å². The molecule has 4 nitrogen and oxygen atoms in total. The van der Waals surface area contributed by atoms with E-state index in [4.69, 9.17) is 4.74 Å². The van der Waals surface area contributed by atoms with Crippen molar-refractivity contribution in [1.82, 2.24) is 4.57 Å². The van der Waals surface area contributed by atoms with E-state index in [1.54, 1.807) is 0 Å². The number of hydrogen-bond donors (Lipinski definition) is 0. The lowest BCUT2D eigenvalue weighted by Crippen LogP contribution is -2.25. The van der Waals surface area contributed by atoms with E-state index in [1.807, 2.05) is 34.2 Å². The predicted octanol–water partition coefficient (Wildman–Crippen LogP) is 4.25. The summed E-state index contributed by atoms with van der Waals surface area (Å²) in [6.45, 7) is 5.48. The molecular weight excluding hydrogens is 322 g/mol. The van der Waals surface area contributed by atoms with Crippen LogP contribution in [0.4, 0.5) is 0 Å². The lowest BCUT2D eigenvalue weighted by molar-refractivity contribution is -0.146. The highest BCUT2D eigenvalue weighted by molar-refractivity contribution is 7.12. The molecule has 1 atom stereocenters. The van der Waals surface area contributed by atoms with Gasteiger partial charge in [0.15, 0.2) is 0 Å². The summed E-state index contributed by atoms with van der Waals surface area (Å²) in [6, 6.07) is 7.48. The highest BCUT2D eigenvalue weighted by Gasteiger charge is 2.31. The van der Waals surface area contributed by atoms with Crippen LogP contribution in [0.5, 0.6) is 0 Å². The van der Waals surface area contributed by atoms with Crippen molar-refractivity contribution in [2.24, 2.45) is 5.92 Å². The van der Waals surface area contributed by atoms with E-state index in [1.165, 1.54) is 11.3 Å². The second-order valence-corrected chi connectivity index (χ2v) is 7.59. The average Bonchev–Trinajstić information content (AvgIpc) is 3.23. The first-order valence-electron chi connectivity index (χ1n) is 8.52. The van der Waals surface area contributed by atoms with E-state index in [9.17, 15) is 9.59 Å². The molecule has 0 aromatic carbocycles. The fourth-order valence-electron chi connectivity index (χ4n) is 3.11. The van der Waals surface area contributed by atoms with Crippen LogP contribution in [-0.2, 0) is 16.1 Å². The Morgan fingerprint density at radius 2 is 2.17 bits per heavy atom. The normalized spacial score (nSPS) is 16.9. The number of fused-ring (bicyclic) bond motifs is 1. The summed E-state index contributed by atoms with van der Waals surface area (Å²) < 4.78 is 7.46. The lowest BCUT2D eigenvalue weighted by atomic mass is 9.96. The number of ketones is 1. The fourth-order valence-corrected chi connectivity index (χ4v) is 3.78. The minimum atomic E-state index is -0.254. The molecule has 3 rings (SSSR count). The monoisotopic (exact) mass is 345 g/mol. The van der Waals surface area contributed by atoms with Crippen molar-refractivity contribution in [2.75, 3.05) is 6.61 Å². The van der Waals surface area contributed by atoms with Crippen molar-refractivity contribution in [1.29, 1.82) is 0 Å². The topological polar surface area (TPSA) is 48.3 Å². The van der Waals surface area contributed by atoms with E-state index in [2.05, 4.69) is 13.8 Å². The average molecular weight is 345 g/mol. The first kappa shape index (κ1) is 17.0. The Kier molecular flexibility index (Phi) is 5.19. The second kappa shape index (κ2) is 7.34. The maximum absolute atomic E-state index is 12.6. The van der Waals surface area contributed by atoms with Gasteiger partial charge >= 0.3 is 5.97 Å². The van der Waals surface area contributed by atoms with Crippen LogP contribution in [0.3, 0.4) is 0 Å². The van der Waals surface area contributed by atoms with Gasteiger partial charge in [-0.05, 0) is 48.8 Å². The zero-order chi connectivity index (χ0) is 17.1. The van der Waals surface area contributed by atoms with Gasteiger partial charge in [-0.15, -0.1) is 11.3 Å². The van der Waals surface area contributed by atoms with E-state index < -0.39 is 0 Å². The molecule has 0 bridgehead atoms. The van der Waals surface area contributed by atoms with E-state index in [0.29, 0.717) is 18.2 Å². The molecule has 0 saturated carbocycles. The summed E-state index contributed by atoms with van der Waals surface area (Å²) >= 11 is 1.45. The molecule has 24 heavy (non-hydrogen) atoms. The zero-order valence-corrected chi connectivity index (χ0v) is 15.0. The number of carbonyl (C=O) groups is 2. The fraction of sp³-hybridized carbons (Fsp3) is 0.474. The third-order valence-corrected chi connectivity index (χ3v) is 5.32. The minimum absolute atomic E-state index is 0.0325. The van der Waals surface area contributed by atoms with E-state index in [-0.39, 0.29) is 17.7 Å². The molecule has 128 valence electrons. The number of carbonyl (C=O) groups excluding carboxylic acids is 2. The van der Waals surface area contributed by atoms with Crippen LogP contribution < -0.4 is 0 Å². The van der Waals surface area contributed by atoms with Gasteiger partial charge in [-0.25, -0.2) is 0 Å². The number of esters is 1. The maximum Gasteiger partial charge on any atom is 0.314 e. The van der Waals surface area contributed by atoms with Crippen LogP contribution in [0.1, 0.15) is 60.1 Å². The lowest BCUT2D eigenvalue weighted by Gasteiger charge is -2.24. The quantitative estimate of drug-likeness (QED) is 0.581. The van der Waals surface area contributed by atoms with Gasteiger partial charge in [-0.1, -0.05) is 19.9 Å². The molecule has 0 amide bonds. The van der Waals surface area contributed by atoms with Crippen molar-refractivity contribution >= 4 is 23.1 Å². The Morgan fingerprint density at radius 3 is 2.88 bits per heavy atom. The largest absolute Gasteiger partial charge is 0.465 e. The Labute approximate surface area is 146 Å². The molecule has 1 aliphatic rings. The van der Waals surface area contributed by atoms with Crippen LogP contribution in [0.2, 0.25) is 0 Å². The van der Waals surface area contributed by atoms with E-state index in [0.717, 1.165) is 36.4 Å². The summed E-state index contributed by atoms with van der Waals surface area (Å²) in [5, 5.41) is 1.90. The second-order valence-electron chi connectivity index (χ2n) is 6.65. The molecule has 0 saturated heterocycles. The van der Waals surface area contributed by atoms with Gasteiger partial charge in [0.25, 0.3) is 0 Å². The van der Waals surface area contributed by atoms with Gasteiger partial charge in [0.05, 0.1) is 23.1 Å². The van der Waals surface area contributed by atoms with Gasteiger partial charge < -0.3 is 9.30 Å². The minimum Gasteiger partial charge on any atom is -0.465 e. The van der Waals surface area contributed by atoms with Crippen LogP contribution >= 0.6 is 11.3 Å². The van der Waals surface area contributed by atoms with Gasteiger partial charge in [0.2, 0.25) is 5.78 Å². The first-order chi connectivity index (χ1) is 11.6. The van der Waals surface area contributed by atoms with Gasteiger partial charge in [-0.3, -0.25) is 9.59 Å². The molecule has 0 radical (unpaired) electrons. The Bertz CT molecular complexity index is 715. The smallest absolute Gasteiger partial charge is 0.314 e. The molecule has 0 fully saturated rings. The first-order valence-corrected chi connectivity index (χ1v) is 9.40. The summed E-state index contributed by atoms with van der Waals surface area (Å²) in [6.07, 6.45) is 2.55. The Hall–Kier alpha value is -1.88. The predicted molar refractivity (Wildman–Crippen MR) is 94.6 cm³/mol. The summed E-state index contributed by atoms with van der Waals surface area (Å²) in [7, 11) is 0.